The molecule has 1 aliphatic rings. The number of para-hydroxylation sites is 2. The van der Waals surface area contributed by atoms with Gasteiger partial charge in [-0.2, -0.15) is 0 Å². The van der Waals surface area contributed by atoms with Gasteiger partial charge in [0.15, 0.2) is 0 Å². The Hall–Kier alpha value is -2.79. The molecule has 1 aliphatic heterocycles. The van der Waals surface area contributed by atoms with E-state index in [0.29, 0.717) is 6.54 Å². The van der Waals surface area contributed by atoms with Gasteiger partial charge in [-0.15, -0.1) is 0 Å². The fraction of sp³-hybridized carbons (Fsp3) is 0.167. The predicted octanol–water partition coefficient (Wildman–Crippen LogP) is 3.26. The number of carbonyl (C=O) groups excluding carboxylic acids is 1. The number of nitrogens with zero attached hydrogens (tertiary/aromatic N) is 1. The van der Waals surface area contributed by atoms with E-state index in [1.807, 2.05) is 41.4 Å². The summed E-state index contributed by atoms with van der Waals surface area (Å²) in [6, 6.07) is 17.6. The summed E-state index contributed by atoms with van der Waals surface area (Å²) in [7, 11) is 0. The maximum atomic E-state index is 12.1. The molecule has 0 aliphatic carbocycles. The number of rotatable bonds is 2. The second-order valence-electron chi connectivity index (χ2n) is 5.73. The van der Waals surface area contributed by atoms with Gasteiger partial charge in [-0.1, -0.05) is 36.4 Å². The van der Waals surface area contributed by atoms with Gasteiger partial charge in [0.05, 0.1) is 6.54 Å². The number of hydrogen-bond acceptors (Lipinski definition) is 2. The van der Waals surface area contributed by atoms with Crippen molar-refractivity contribution in [1.82, 2.24) is 15.4 Å². The van der Waals surface area contributed by atoms with Crippen molar-refractivity contribution in [3.05, 3.63) is 65.9 Å². The van der Waals surface area contributed by atoms with Crippen LogP contribution >= 0.6 is 0 Å². The van der Waals surface area contributed by atoms with E-state index in [4.69, 9.17) is 0 Å². The zero-order chi connectivity index (χ0) is 15.6. The summed E-state index contributed by atoms with van der Waals surface area (Å²) in [4.78, 5) is 15.5. The lowest BCUT2D eigenvalue weighted by atomic mass is 10.0. The van der Waals surface area contributed by atoms with Crippen LogP contribution < -0.4 is 10.7 Å². The van der Waals surface area contributed by atoms with Crippen LogP contribution in [-0.2, 0) is 13.0 Å². The van der Waals surface area contributed by atoms with Crippen LogP contribution in [0.1, 0.15) is 11.3 Å². The average Bonchev–Trinajstić information content (AvgIpc) is 2.93. The zero-order valence-corrected chi connectivity index (χ0v) is 12.7. The number of amides is 2. The fourth-order valence-electron chi connectivity index (χ4n) is 3.11. The van der Waals surface area contributed by atoms with Crippen molar-refractivity contribution < 1.29 is 4.79 Å². The van der Waals surface area contributed by atoms with Gasteiger partial charge in [0.2, 0.25) is 0 Å². The highest BCUT2D eigenvalue weighted by Crippen LogP contribution is 2.26. The van der Waals surface area contributed by atoms with Crippen LogP contribution in [0.4, 0.5) is 10.5 Å². The molecule has 0 saturated heterocycles. The van der Waals surface area contributed by atoms with Gasteiger partial charge in [-0.05, 0) is 30.2 Å². The van der Waals surface area contributed by atoms with Crippen molar-refractivity contribution >= 4 is 22.6 Å². The Morgan fingerprint density at radius 1 is 1.04 bits per heavy atom. The Labute approximate surface area is 134 Å². The van der Waals surface area contributed by atoms with Crippen molar-refractivity contribution in [3.8, 4) is 0 Å². The summed E-state index contributed by atoms with van der Waals surface area (Å²) < 4.78 is 0. The third-order valence-electron chi connectivity index (χ3n) is 4.17. The van der Waals surface area contributed by atoms with Crippen LogP contribution in [0, 0.1) is 0 Å². The molecule has 1 aromatic heterocycles. The highest BCUT2D eigenvalue weighted by molar-refractivity contribution is 5.89. The first kappa shape index (κ1) is 13.8. The molecule has 5 heteroatoms. The molecule has 23 heavy (non-hydrogen) atoms. The molecule has 2 aromatic carbocycles. The molecule has 0 radical (unpaired) electrons. The van der Waals surface area contributed by atoms with Crippen LogP contribution in [0.15, 0.2) is 54.6 Å². The molecule has 0 fully saturated rings. The van der Waals surface area contributed by atoms with Gasteiger partial charge in [-0.3, -0.25) is 5.43 Å². The van der Waals surface area contributed by atoms with E-state index >= 15 is 0 Å². The summed E-state index contributed by atoms with van der Waals surface area (Å²) >= 11 is 0. The van der Waals surface area contributed by atoms with E-state index in [-0.39, 0.29) is 6.03 Å². The van der Waals surface area contributed by atoms with E-state index in [1.54, 1.807) is 0 Å². The van der Waals surface area contributed by atoms with Crippen molar-refractivity contribution in [3.63, 3.8) is 0 Å². The molecular weight excluding hydrogens is 288 g/mol. The largest absolute Gasteiger partial charge is 0.357 e. The number of hydrogen-bond donors (Lipinski definition) is 3. The third-order valence-corrected chi connectivity index (χ3v) is 4.17. The van der Waals surface area contributed by atoms with Gasteiger partial charge in [0.25, 0.3) is 0 Å². The summed E-state index contributed by atoms with van der Waals surface area (Å²) in [6.45, 7) is 1.49. The predicted molar refractivity (Wildman–Crippen MR) is 91.0 cm³/mol. The number of nitrogens with one attached hydrogen (secondary N) is 3. The maximum absolute atomic E-state index is 12.1. The summed E-state index contributed by atoms with van der Waals surface area (Å²) in [6.07, 6.45) is 0.922. The van der Waals surface area contributed by atoms with Gasteiger partial charge < -0.3 is 10.3 Å². The standard InChI is InChI=1S/C18H18N4O/c23-18(19-13-6-2-1-3-7-13)21-22-11-10-15-14-8-4-5-9-16(14)20-17(15)12-22/h1-9,20H,10-12H2,(H2,19,21,23). The molecule has 3 N–H and O–H groups in total. The average molecular weight is 306 g/mol. The number of aromatic nitrogens is 1. The van der Waals surface area contributed by atoms with Crippen molar-refractivity contribution in [2.45, 2.75) is 13.0 Å². The number of hydrazine groups is 1. The minimum Gasteiger partial charge on any atom is -0.357 e. The van der Waals surface area contributed by atoms with Crippen molar-refractivity contribution in [2.75, 3.05) is 11.9 Å². The van der Waals surface area contributed by atoms with Gasteiger partial charge >= 0.3 is 6.03 Å². The molecule has 2 heterocycles. The van der Waals surface area contributed by atoms with Gasteiger partial charge in [-0.25, -0.2) is 9.80 Å². The van der Waals surface area contributed by atoms with E-state index in [9.17, 15) is 4.79 Å². The lowest BCUT2D eigenvalue weighted by Gasteiger charge is -2.27. The number of urea groups is 1. The van der Waals surface area contributed by atoms with Crippen LogP contribution in [0.2, 0.25) is 0 Å². The summed E-state index contributed by atoms with van der Waals surface area (Å²) in [5.41, 5.74) is 7.40. The maximum Gasteiger partial charge on any atom is 0.333 e. The van der Waals surface area contributed by atoms with E-state index in [0.717, 1.165) is 24.2 Å². The second-order valence-corrected chi connectivity index (χ2v) is 5.73. The second kappa shape index (κ2) is 5.78. The molecule has 0 saturated carbocycles. The number of fused-ring (bicyclic) bond motifs is 3. The molecule has 2 amide bonds. The van der Waals surface area contributed by atoms with Crippen molar-refractivity contribution in [1.29, 1.82) is 0 Å². The molecular formula is C18H18N4O. The smallest absolute Gasteiger partial charge is 0.333 e. The Morgan fingerprint density at radius 3 is 2.70 bits per heavy atom. The number of H-pyrrole nitrogens is 1. The molecule has 0 unspecified atom stereocenters. The minimum absolute atomic E-state index is 0.212. The normalized spacial score (nSPS) is 14.4. The quantitative estimate of drug-likeness (QED) is 0.680. The van der Waals surface area contributed by atoms with Gasteiger partial charge in [0.1, 0.15) is 0 Å². The highest BCUT2D eigenvalue weighted by Gasteiger charge is 2.21. The Morgan fingerprint density at radius 2 is 1.83 bits per heavy atom. The topological polar surface area (TPSA) is 60.2 Å². The van der Waals surface area contributed by atoms with Crippen LogP contribution in [0.25, 0.3) is 10.9 Å². The first-order valence-electron chi connectivity index (χ1n) is 7.76. The monoisotopic (exact) mass is 306 g/mol. The van der Waals surface area contributed by atoms with Crippen LogP contribution in [0.3, 0.4) is 0 Å². The van der Waals surface area contributed by atoms with E-state index < -0.39 is 0 Å². The molecule has 4 rings (SSSR count). The lowest BCUT2D eigenvalue weighted by Crippen LogP contribution is -2.46. The SMILES string of the molecule is O=C(Nc1ccccc1)NN1CCc2c([nH]c3ccccc23)C1. The molecule has 0 spiro atoms. The summed E-state index contributed by atoms with van der Waals surface area (Å²) in [5, 5.41) is 6.07. The number of anilines is 1. The third kappa shape index (κ3) is 2.78. The first-order chi connectivity index (χ1) is 11.3. The highest BCUT2D eigenvalue weighted by atomic mass is 16.2. The minimum atomic E-state index is -0.212. The van der Waals surface area contributed by atoms with E-state index in [1.165, 1.54) is 16.6 Å². The van der Waals surface area contributed by atoms with Crippen LogP contribution in [0.5, 0.6) is 0 Å². The molecule has 5 nitrogen and oxygen atoms in total. The Bertz CT molecular complexity index is 841. The molecule has 0 bridgehead atoms. The fourth-order valence-corrected chi connectivity index (χ4v) is 3.11. The van der Waals surface area contributed by atoms with Crippen LogP contribution in [-0.4, -0.2) is 22.6 Å². The Kier molecular flexibility index (Phi) is 3.48. The van der Waals surface area contributed by atoms with Gasteiger partial charge in [0, 0.05) is 28.8 Å². The zero-order valence-electron chi connectivity index (χ0n) is 12.7. The first-order valence-corrected chi connectivity index (χ1v) is 7.76. The number of aromatic amines is 1. The summed E-state index contributed by atoms with van der Waals surface area (Å²) in [5.74, 6) is 0. The molecule has 0 atom stereocenters. The Balaban J connectivity index is 1.45. The van der Waals surface area contributed by atoms with E-state index in [2.05, 4.69) is 33.9 Å². The molecule has 3 aromatic rings. The van der Waals surface area contributed by atoms with Crippen molar-refractivity contribution in [2.24, 2.45) is 0 Å². The molecule has 116 valence electrons. The number of carbonyl (C=O) groups is 1. The number of benzene rings is 2. The lowest BCUT2D eigenvalue weighted by molar-refractivity contribution is 0.172.